The summed E-state index contributed by atoms with van der Waals surface area (Å²) in [5.74, 6) is 2.28. The van der Waals surface area contributed by atoms with E-state index in [-0.39, 0.29) is 0 Å². The third kappa shape index (κ3) is 5.33. The first-order chi connectivity index (χ1) is 8.50. The second-order valence-electron chi connectivity index (χ2n) is 4.61. The first kappa shape index (κ1) is 15.4. The van der Waals surface area contributed by atoms with E-state index in [1.807, 2.05) is 17.8 Å². The van der Waals surface area contributed by atoms with Gasteiger partial charge in [0, 0.05) is 11.0 Å². The summed E-state index contributed by atoms with van der Waals surface area (Å²) in [6.45, 7) is 7.28. The number of hydrogen-bond donors (Lipinski definition) is 2. The minimum absolute atomic E-state index is 0.454. The van der Waals surface area contributed by atoms with Crippen LogP contribution in [0.1, 0.15) is 20.8 Å². The van der Waals surface area contributed by atoms with Crippen molar-refractivity contribution in [1.82, 2.24) is 0 Å². The highest BCUT2D eigenvalue weighted by Crippen LogP contribution is 2.18. The van der Waals surface area contributed by atoms with Crippen LogP contribution in [0.15, 0.2) is 24.3 Å². The lowest BCUT2D eigenvalue weighted by molar-refractivity contribution is 0.343. The van der Waals surface area contributed by atoms with Gasteiger partial charge in [-0.3, -0.25) is 0 Å². The Kier molecular flexibility index (Phi) is 6.61. The van der Waals surface area contributed by atoms with E-state index in [0.29, 0.717) is 29.0 Å². The standard InChI is InChI=1S/C13H21BO3S/c1-10(2)11(3)18-8-7-17-13-6-4-5-12(9-13)14(15)16/h4-6,9-11,15-16H,7-8H2,1-3H3. The molecular formula is C13H21BO3S. The van der Waals surface area contributed by atoms with Crippen molar-refractivity contribution in [2.24, 2.45) is 5.92 Å². The lowest BCUT2D eigenvalue weighted by Gasteiger charge is -2.15. The SMILES string of the molecule is CC(C)C(C)SCCOc1cccc(B(O)O)c1. The van der Waals surface area contributed by atoms with Crippen molar-refractivity contribution in [1.29, 1.82) is 0 Å². The molecule has 1 aromatic rings. The van der Waals surface area contributed by atoms with Gasteiger partial charge in [-0.05, 0) is 23.5 Å². The Balaban J connectivity index is 2.33. The molecule has 0 aliphatic rings. The van der Waals surface area contributed by atoms with Crippen LogP contribution in [-0.2, 0) is 0 Å². The summed E-state index contributed by atoms with van der Waals surface area (Å²) in [7, 11) is -1.44. The van der Waals surface area contributed by atoms with E-state index in [9.17, 15) is 0 Å². The molecule has 0 radical (unpaired) electrons. The van der Waals surface area contributed by atoms with Crippen molar-refractivity contribution in [3.8, 4) is 5.75 Å². The number of ether oxygens (including phenoxy) is 1. The Hall–Kier alpha value is -0.645. The predicted molar refractivity (Wildman–Crippen MR) is 78.5 cm³/mol. The topological polar surface area (TPSA) is 49.7 Å². The maximum absolute atomic E-state index is 9.05. The van der Waals surface area contributed by atoms with Gasteiger partial charge in [0.05, 0.1) is 6.61 Å². The van der Waals surface area contributed by atoms with Crippen LogP contribution >= 0.6 is 11.8 Å². The van der Waals surface area contributed by atoms with Gasteiger partial charge in [0.1, 0.15) is 5.75 Å². The quantitative estimate of drug-likeness (QED) is 0.581. The molecule has 0 aliphatic heterocycles. The molecule has 5 heteroatoms. The molecular weight excluding hydrogens is 247 g/mol. The molecule has 0 saturated carbocycles. The fourth-order valence-electron chi connectivity index (χ4n) is 1.35. The van der Waals surface area contributed by atoms with Gasteiger partial charge in [0.2, 0.25) is 0 Å². The average molecular weight is 268 g/mol. The largest absolute Gasteiger partial charge is 0.493 e. The summed E-state index contributed by atoms with van der Waals surface area (Å²) in [6.07, 6.45) is 0. The third-order valence-electron chi connectivity index (χ3n) is 2.83. The maximum Gasteiger partial charge on any atom is 0.488 e. The number of hydrogen-bond acceptors (Lipinski definition) is 4. The Labute approximate surface area is 114 Å². The molecule has 1 aromatic carbocycles. The van der Waals surface area contributed by atoms with Crippen LogP contribution in [-0.4, -0.2) is 34.8 Å². The van der Waals surface area contributed by atoms with E-state index in [4.69, 9.17) is 14.8 Å². The van der Waals surface area contributed by atoms with Gasteiger partial charge in [-0.1, -0.05) is 32.9 Å². The Bertz CT molecular complexity index is 358. The summed E-state index contributed by atoms with van der Waals surface area (Å²) in [4.78, 5) is 0. The minimum Gasteiger partial charge on any atom is -0.493 e. The van der Waals surface area contributed by atoms with Crippen LogP contribution in [0.25, 0.3) is 0 Å². The molecule has 18 heavy (non-hydrogen) atoms. The summed E-state index contributed by atoms with van der Waals surface area (Å²) in [6, 6.07) is 6.89. The van der Waals surface area contributed by atoms with E-state index in [0.717, 1.165) is 5.75 Å². The van der Waals surface area contributed by atoms with Gasteiger partial charge < -0.3 is 14.8 Å². The molecule has 0 bridgehead atoms. The van der Waals surface area contributed by atoms with Gasteiger partial charge in [0.25, 0.3) is 0 Å². The molecule has 100 valence electrons. The molecule has 0 saturated heterocycles. The summed E-state index contributed by atoms with van der Waals surface area (Å²) < 4.78 is 5.58. The molecule has 0 heterocycles. The van der Waals surface area contributed by atoms with Crippen LogP contribution in [0.2, 0.25) is 0 Å². The van der Waals surface area contributed by atoms with E-state index >= 15 is 0 Å². The van der Waals surface area contributed by atoms with Crippen LogP contribution < -0.4 is 10.2 Å². The number of thioether (sulfide) groups is 1. The lowest BCUT2D eigenvalue weighted by Crippen LogP contribution is -2.29. The van der Waals surface area contributed by atoms with Crippen molar-refractivity contribution >= 4 is 24.3 Å². The van der Waals surface area contributed by atoms with Gasteiger partial charge in [0.15, 0.2) is 0 Å². The first-order valence-corrected chi connectivity index (χ1v) is 7.26. The van der Waals surface area contributed by atoms with Crippen molar-refractivity contribution in [2.45, 2.75) is 26.0 Å². The van der Waals surface area contributed by atoms with Crippen LogP contribution in [0.4, 0.5) is 0 Å². The zero-order valence-electron chi connectivity index (χ0n) is 11.2. The summed E-state index contributed by atoms with van der Waals surface area (Å²) in [5, 5.41) is 18.7. The van der Waals surface area contributed by atoms with Crippen LogP contribution in [0.3, 0.4) is 0 Å². The van der Waals surface area contributed by atoms with Gasteiger partial charge in [-0.15, -0.1) is 0 Å². The Morgan fingerprint density at radius 3 is 2.61 bits per heavy atom. The van der Waals surface area contributed by atoms with E-state index in [2.05, 4.69) is 20.8 Å². The Morgan fingerprint density at radius 2 is 2.00 bits per heavy atom. The molecule has 1 atom stereocenters. The smallest absolute Gasteiger partial charge is 0.488 e. The Morgan fingerprint density at radius 1 is 1.28 bits per heavy atom. The fraction of sp³-hybridized carbons (Fsp3) is 0.538. The molecule has 1 unspecified atom stereocenters. The highest BCUT2D eigenvalue weighted by Gasteiger charge is 2.11. The normalized spacial score (nSPS) is 12.6. The predicted octanol–water partition coefficient (Wildman–Crippen LogP) is 1.52. The monoisotopic (exact) mass is 268 g/mol. The van der Waals surface area contributed by atoms with E-state index < -0.39 is 7.12 Å². The molecule has 0 aromatic heterocycles. The summed E-state index contributed by atoms with van der Waals surface area (Å²) in [5.41, 5.74) is 0.454. The first-order valence-electron chi connectivity index (χ1n) is 6.21. The molecule has 0 spiro atoms. The molecule has 3 nitrogen and oxygen atoms in total. The van der Waals surface area contributed by atoms with Crippen LogP contribution in [0.5, 0.6) is 5.75 Å². The zero-order valence-corrected chi connectivity index (χ0v) is 12.0. The maximum atomic E-state index is 9.05. The fourth-order valence-corrected chi connectivity index (χ4v) is 2.29. The molecule has 1 rings (SSSR count). The van der Waals surface area contributed by atoms with E-state index in [1.54, 1.807) is 18.2 Å². The molecule has 0 aliphatic carbocycles. The van der Waals surface area contributed by atoms with Crippen molar-refractivity contribution in [2.75, 3.05) is 12.4 Å². The van der Waals surface area contributed by atoms with Gasteiger partial charge >= 0.3 is 7.12 Å². The van der Waals surface area contributed by atoms with Crippen LogP contribution in [0, 0.1) is 5.92 Å². The van der Waals surface area contributed by atoms with Crippen molar-refractivity contribution in [3.05, 3.63) is 24.3 Å². The zero-order chi connectivity index (χ0) is 13.5. The van der Waals surface area contributed by atoms with Crippen molar-refractivity contribution in [3.63, 3.8) is 0 Å². The third-order valence-corrected chi connectivity index (χ3v) is 4.30. The summed E-state index contributed by atoms with van der Waals surface area (Å²) >= 11 is 1.89. The minimum atomic E-state index is -1.44. The van der Waals surface area contributed by atoms with E-state index in [1.165, 1.54) is 0 Å². The molecule has 2 N–H and O–H groups in total. The number of benzene rings is 1. The van der Waals surface area contributed by atoms with Crippen molar-refractivity contribution < 1.29 is 14.8 Å². The highest BCUT2D eigenvalue weighted by molar-refractivity contribution is 7.99. The highest BCUT2D eigenvalue weighted by atomic mass is 32.2. The molecule has 0 fully saturated rings. The lowest BCUT2D eigenvalue weighted by atomic mass is 9.80. The second-order valence-corrected chi connectivity index (χ2v) is 6.10. The number of rotatable bonds is 7. The van der Waals surface area contributed by atoms with Gasteiger partial charge in [-0.2, -0.15) is 11.8 Å². The molecule has 0 amide bonds. The second kappa shape index (κ2) is 7.72. The van der Waals surface area contributed by atoms with Gasteiger partial charge in [-0.25, -0.2) is 0 Å². The average Bonchev–Trinajstić information content (AvgIpc) is 2.34.